The van der Waals surface area contributed by atoms with Crippen LogP contribution in [0.3, 0.4) is 0 Å². The minimum atomic E-state index is 1.09. The third-order valence-electron chi connectivity index (χ3n) is 2.76. The second-order valence-electron chi connectivity index (χ2n) is 3.08. The van der Waals surface area contributed by atoms with E-state index in [4.69, 9.17) is 0 Å². The van der Waals surface area contributed by atoms with E-state index < -0.39 is 0 Å². The highest BCUT2D eigenvalue weighted by atomic mass is 79.9. The molecule has 0 aromatic heterocycles. The normalized spacial score (nSPS) is 51.4. The second-order valence-corrected chi connectivity index (χ2v) is 3.72. The van der Waals surface area contributed by atoms with Crippen molar-refractivity contribution in [2.75, 3.05) is 5.33 Å². The minimum absolute atomic E-state index is 1.09. The van der Waals surface area contributed by atoms with Gasteiger partial charge in [-0.15, -0.1) is 0 Å². The van der Waals surface area contributed by atoms with Crippen LogP contribution >= 0.6 is 15.9 Å². The smallest absolute Gasteiger partial charge is 0.00651 e. The van der Waals surface area contributed by atoms with Gasteiger partial charge in [-0.1, -0.05) is 22.4 Å². The molecule has 1 heteroatoms. The van der Waals surface area contributed by atoms with E-state index in [2.05, 4.69) is 15.9 Å². The SMILES string of the molecule is BrCC1C2CCCC12. The van der Waals surface area contributed by atoms with Crippen molar-refractivity contribution in [1.82, 2.24) is 0 Å². The van der Waals surface area contributed by atoms with E-state index in [0.29, 0.717) is 0 Å². The summed E-state index contributed by atoms with van der Waals surface area (Å²) in [5.41, 5.74) is 0. The van der Waals surface area contributed by atoms with Crippen LogP contribution in [0, 0.1) is 17.8 Å². The van der Waals surface area contributed by atoms with Gasteiger partial charge in [0.2, 0.25) is 0 Å². The molecule has 2 aliphatic carbocycles. The molecule has 2 atom stereocenters. The van der Waals surface area contributed by atoms with Gasteiger partial charge in [-0.2, -0.15) is 0 Å². The molecule has 0 heterocycles. The Morgan fingerprint density at radius 2 is 1.88 bits per heavy atom. The third-order valence-corrected chi connectivity index (χ3v) is 3.51. The molecule has 0 aromatic rings. The van der Waals surface area contributed by atoms with Crippen LogP contribution in [0.5, 0.6) is 0 Å². The lowest BCUT2D eigenvalue weighted by molar-refractivity contribution is 0.636. The van der Waals surface area contributed by atoms with Crippen LogP contribution in [-0.4, -0.2) is 5.33 Å². The van der Waals surface area contributed by atoms with Crippen LogP contribution in [0.15, 0.2) is 0 Å². The Balaban J connectivity index is 1.94. The maximum atomic E-state index is 3.53. The lowest BCUT2D eigenvalue weighted by Gasteiger charge is -1.93. The van der Waals surface area contributed by atoms with Crippen molar-refractivity contribution in [3.63, 3.8) is 0 Å². The van der Waals surface area contributed by atoms with Crippen molar-refractivity contribution < 1.29 is 0 Å². The predicted octanol–water partition coefficient (Wildman–Crippen LogP) is 2.43. The first-order valence-electron chi connectivity index (χ1n) is 3.49. The average molecular weight is 175 g/mol. The van der Waals surface area contributed by atoms with Gasteiger partial charge in [0, 0.05) is 5.33 Å². The molecule has 0 radical (unpaired) electrons. The first-order valence-corrected chi connectivity index (χ1v) is 4.61. The summed E-state index contributed by atoms with van der Waals surface area (Å²) < 4.78 is 0. The molecule has 2 unspecified atom stereocenters. The highest BCUT2D eigenvalue weighted by molar-refractivity contribution is 9.09. The van der Waals surface area contributed by atoms with Crippen LogP contribution in [-0.2, 0) is 0 Å². The lowest BCUT2D eigenvalue weighted by atomic mass is 10.2. The van der Waals surface area contributed by atoms with Crippen molar-refractivity contribution in [3.8, 4) is 0 Å². The molecular weight excluding hydrogens is 164 g/mol. The first-order chi connectivity index (χ1) is 3.93. The number of hydrogen-bond acceptors (Lipinski definition) is 0. The molecule has 2 rings (SSSR count). The third kappa shape index (κ3) is 0.570. The fourth-order valence-electron chi connectivity index (χ4n) is 2.20. The molecule has 46 valence electrons. The summed E-state index contributed by atoms with van der Waals surface area (Å²) in [6, 6.07) is 0. The summed E-state index contributed by atoms with van der Waals surface area (Å²) in [5.74, 6) is 3.38. The minimum Gasteiger partial charge on any atom is -0.0925 e. The van der Waals surface area contributed by atoms with Crippen molar-refractivity contribution in [2.24, 2.45) is 17.8 Å². The zero-order chi connectivity index (χ0) is 5.56. The van der Waals surface area contributed by atoms with Gasteiger partial charge in [-0.05, 0) is 30.6 Å². The van der Waals surface area contributed by atoms with Gasteiger partial charge in [-0.3, -0.25) is 0 Å². The fourth-order valence-corrected chi connectivity index (χ4v) is 3.16. The zero-order valence-electron chi connectivity index (χ0n) is 4.94. The quantitative estimate of drug-likeness (QED) is 0.537. The zero-order valence-corrected chi connectivity index (χ0v) is 6.52. The van der Waals surface area contributed by atoms with Crippen molar-refractivity contribution in [2.45, 2.75) is 19.3 Å². The van der Waals surface area contributed by atoms with Gasteiger partial charge >= 0.3 is 0 Å². The summed E-state index contributed by atoms with van der Waals surface area (Å²) in [4.78, 5) is 0. The molecule has 2 aliphatic rings. The molecule has 0 amide bonds. The van der Waals surface area contributed by atoms with Gasteiger partial charge in [0.05, 0.1) is 0 Å². The van der Waals surface area contributed by atoms with E-state index >= 15 is 0 Å². The van der Waals surface area contributed by atoms with Crippen LogP contribution < -0.4 is 0 Å². The number of rotatable bonds is 1. The van der Waals surface area contributed by atoms with Gasteiger partial charge in [-0.25, -0.2) is 0 Å². The Kier molecular flexibility index (Phi) is 1.14. The Hall–Kier alpha value is 0.480. The monoisotopic (exact) mass is 174 g/mol. The number of alkyl halides is 1. The molecule has 2 fully saturated rings. The topological polar surface area (TPSA) is 0 Å². The van der Waals surface area contributed by atoms with Crippen LogP contribution in [0.2, 0.25) is 0 Å². The molecule has 0 bridgehead atoms. The highest BCUT2D eigenvalue weighted by Crippen LogP contribution is 2.57. The molecule has 0 spiro atoms. The van der Waals surface area contributed by atoms with Gasteiger partial charge in [0.1, 0.15) is 0 Å². The van der Waals surface area contributed by atoms with E-state index in [1.54, 1.807) is 0 Å². The molecule has 0 aromatic carbocycles. The van der Waals surface area contributed by atoms with E-state index in [9.17, 15) is 0 Å². The molecule has 0 N–H and O–H groups in total. The summed E-state index contributed by atoms with van der Waals surface area (Å²) in [6.07, 6.45) is 4.57. The Labute approximate surface area is 58.8 Å². The largest absolute Gasteiger partial charge is 0.0925 e. The van der Waals surface area contributed by atoms with E-state index in [1.165, 1.54) is 24.6 Å². The van der Waals surface area contributed by atoms with Crippen LogP contribution in [0.25, 0.3) is 0 Å². The second kappa shape index (κ2) is 1.73. The maximum absolute atomic E-state index is 3.53. The molecule has 0 nitrogen and oxygen atoms in total. The molecule has 0 aliphatic heterocycles. The predicted molar refractivity (Wildman–Crippen MR) is 38.1 cm³/mol. The van der Waals surface area contributed by atoms with E-state index in [-0.39, 0.29) is 0 Å². The summed E-state index contributed by atoms with van der Waals surface area (Å²) in [6.45, 7) is 0. The standard InChI is InChI=1S/C7H11Br/c8-4-7-5-2-1-3-6(5)7/h5-7H,1-4H2. The number of halogens is 1. The van der Waals surface area contributed by atoms with Crippen molar-refractivity contribution in [1.29, 1.82) is 0 Å². The van der Waals surface area contributed by atoms with Gasteiger partial charge < -0.3 is 0 Å². The first kappa shape index (κ1) is 5.28. The fraction of sp³-hybridized carbons (Fsp3) is 1.00. The van der Waals surface area contributed by atoms with Crippen LogP contribution in [0.4, 0.5) is 0 Å². The molecular formula is C7H11Br. The maximum Gasteiger partial charge on any atom is 0.00651 e. The van der Waals surface area contributed by atoms with E-state index in [1.807, 2.05) is 0 Å². The van der Waals surface area contributed by atoms with E-state index in [0.717, 1.165) is 17.8 Å². The van der Waals surface area contributed by atoms with Gasteiger partial charge in [0.25, 0.3) is 0 Å². The Morgan fingerprint density at radius 1 is 1.25 bits per heavy atom. The summed E-state index contributed by atoms with van der Waals surface area (Å²) in [5, 5.41) is 1.27. The lowest BCUT2D eigenvalue weighted by Crippen LogP contribution is -1.86. The molecule has 8 heavy (non-hydrogen) atoms. The van der Waals surface area contributed by atoms with Crippen LogP contribution in [0.1, 0.15) is 19.3 Å². The summed E-state index contributed by atoms with van der Waals surface area (Å²) in [7, 11) is 0. The van der Waals surface area contributed by atoms with Gasteiger partial charge in [0.15, 0.2) is 0 Å². The Morgan fingerprint density at radius 3 is 2.25 bits per heavy atom. The highest BCUT2D eigenvalue weighted by Gasteiger charge is 2.51. The van der Waals surface area contributed by atoms with Crippen molar-refractivity contribution >= 4 is 15.9 Å². The summed E-state index contributed by atoms with van der Waals surface area (Å²) >= 11 is 3.53. The average Bonchev–Trinajstić information content (AvgIpc) is 2.22. The number of fused-ring (bicyclic) bond motifs is 1. The Bertz CT molecular complexity index is 83.8. The van der Waals surface area contributed by atoms with Crippen molar-refractivity contribution in [3.05, 3.63) is 0 Å². The molecule has 0 saturated heterocycles. The molecule has 2 saturated carbocycles. The number of hydrogen-bond donors (Lipinski definition) is 0.